The van der Waals surface area contributed by atoms with Crippen molar-refractivity contribution >= 4 is 11.9 Å². The summed E-state index contributed by atoms with van der Waals surface area (Å²) in [7, 11) is 0. The molecule has 3 N–H and O–H groups in total. The summed E-state index contributed by atoms with van der Waals surface area (Å²) >= 11 is 0. The Morgan fingerprint density at radius 3 is 2.54 bits per heavy atom. The molecule has 0 fully saturated rings. The lowest BCUT2D eigenvalue weighted by Gasteiger charge is -2.10. The van der Waals surface area contributed by atoms with Crippen LogP contribution in [0, 0.1) is 0 Å². The van der Waals surface area contributed by atoms with E-state index >= 15 is 0 Å². The van der Waals surface area contributed by atoms with Gasteiger partial charge in [-0.25, -0.2) is 4.79 Å². The smallest absolute Gasteiger partial charge is 0.475 e. The molecule has 0 saturated heterocycles. The minimum atomic E-state index is -5.08. The molecule has 5 rings (SSSR count). The summed E-state index contributed by atoms with van der Waals surface area (Å²) in [5, 5.41) is 14.5. The van der Waals surface area contributed by atoms with E-state index in [4.69, 9.17) is 9.90 Å². The van der Waals surface area contributed by atoms with Crippen LogP contribution in [0.3, 0.4) is 0 Å². The van der Waals surface area contributed by atoms with Crippen LogP contribution in [-0.2, 0) is 17.8 Å². The first kappa shape index (κ1) is 23.7. The summed E-state index contributed by atoms with van der Waals surface area (Å²) in [6, 6.07) is 16.1. The van der Waals surface area contributed by atoms with Gasteiger partial charge < -0.3 is 15.4 Å². The Hall–Kier alpha value is -4.41. The zero-order valence-corrected chi connectivity index (χ0v) is 18.2. The number of nitrogens with one attached hydrogen (secondary N) is 2. The van der Waals surface area contributed by atoms with Gasteiger partial charge in [0.2, 0.25) is 0 Å². The molecule has 0 unspecified atom stereocenters. The number of carbonyl (C=O) groups excluding carboxylic acids is 1. The van der Waals surface area contributed by atoms with Gasteiger partial charge in [-0.15, -0.1) is 0 Å². The third-order valence-electron chi connectivity index (χ3n) is 5.23. The van der Waals surface area contributed by atoms with Crippen LogP contribution < -0.4 is 5.32 Å². The minimum absolute atomic E-state index is 0.0137. The van der Waals surface area contributed by atoms with Crippen LogP contribution in [0.1, 0.15) is 21.6 Å². The largest absolute Gasteiger partial charge is 0.490 e. The maximum Gasteiger partial charge on any atom is 0.490 e. The molecule has 0 saturated carbocycles. The van der Waals surface area contributed by atoms with E-state index < -0.39 is 12.1 Å². The van der Waals surface area contributed by atoms with Gasteiger partial charge in [-0.3, -0.25) is 14.5 Å². The van der Waals surface area contributed by atoms with Crippen molar-refractivity contribution < 1.29 is 27.9 Å². The average Bonchev–Trinajstić information content (AvgIpc) is 3.48. The molecule has 1 aliphatic rings. The Bertz CT molecular complexity index is 1350. The van der Waals surface area contributed by atoms with Crippen LogP contribution in [0.5, 0.6) is 0 Å². The number of alkyl halides is 3. The highest BCUT2D eigenvalue weighted by Crippen LogP contribution is 2.27. The van der Waals surface area contributed by atoms with Crippen LogP contribution >= 0.6 is 0 Å². The number of amides is 1. The van der Waals surface area contributed by atoms with Crippen molar-refractivity contribution in [3.05, 3.63) is 83.9 Å². The molecule has 1 aromatic carbocycles. The third kappa shape index (κ3) is 5.75. The first-order valence-electron chi connectivity index (χ1n) is 10.5. The number of carboxylic acids is 1. The number of hydrogen-bond acceptors (Lipinski definition) is 4. The summed E-state index contributed by atoms with van der Waals surface area (Å²) in [6.45, 7) is 1.40. The zero-order valence-electron chi connectivity index (χ0n) is 18.2. The molecule has 1 aliphatic heterocycles. The highest BCUT2D eigenvalue weighted by molar-refractivity contribution is 5.97. The maximum absolute atomic E-state index is 12.0. The molecule has 0 spiro atoms. The number of hydrogen-bond donors (Lipinski definition) is 3. The maximum atomic E-state index is 12.0. The molecule has 4 heterocycles. The van der Waals surface area contributed by atoms with Gasteiger partial charge in [-0.2, -0.15) is 18.3 Å². The average molecular weight is 483 g/mol. The summed E-state index contributed by atoms with van der Waals surface area (Å²) in [5.74, 6) is -2.77. The van der Waals surface area contributed by atoms with Crippen LogP contribution in [0.25, 0.3) is 22.5 Å². The Morgan fingerprint density at radius 2 is 1.86 bits per heavy atom. The van der Waals surface area contributed by atoms with Crippen LogP contribution in [0.4, 0.5) is 13.2 Å². The lowest BCUT2D eigenvalue weighted by atomic mass is 10.1. The molecule has 0 bridgehead atoms. The Morgan fingerprint density at radius 1 is 1.11 bits per heavy atom. The van der Waals surface area contributed by atoms with Gasteiger partial charge in [0.25, 0.3) is 5.91 Å². The van der Waals surface area contributed by atoms with Crippen molar-refractivity contribution in [1.82, 2.24) is 25.1 Å². The fraction of sp³-hybridized carbons (Fsp3) is 0.167. The second kappa shape index (κ2) is 9.84. The van der Waals surface area contributed by atoms with Crippen LogP contribution in [-0.4, -0.2) is 49.5 Å². The lowest BCUT2D eigenvalue weighted by Crippen LogP contribution is -2.31. The summed E-state index contributed by atoms with van der Waals surface area (Å²) < 4.78 is 33.6. The van der Waals surface area contributed by atoms with Gasteiger partial charge in [-0.1, -0.05) is 30.3 Å². The molecule has 0 atom stereocenters. The summed E-state index contributed by atoms with van der Waals surface area (Å²) in [5.41, 5.74) is 6.68. The van der Waals surface area contributed by atoms with E-state index in [-0.39, 0.29) is 5.91 Å². The third-order valence-corrected chi connectivity index (χ3v) is 5.23. The van der Waals surface area contributed by atoms with Crippen LogP contribution in [0.15, 0.2) is 67.1 Å². The molecule has 3 aromatic heterocycles. The number of benzene rings is 1. The second-order valence-electron chi connectivity index (χ2n) is 7.73. The number of fused-ring (bicyclic) bond motifs is 1. The quantitative estimate of drug-likeness (QED) is 0.408. The predicted molar refractivity (Wildman–Crippen MR) is 121 cm³/mol. The van der Waals surface area contributed by atoms with Crippen LogP contribution in [0.2, 0.25) is 0 Å². The number of rotatable bonds is 4. The molecule has 1 amide bonds. The topological polar surface area (TPSA) is 113 Å². The molecule has 0 aliphatic carbocycles. The molecule has 8 nitrogen and oxygen atoms in total. The van der Waals surface area contributed by atoms with Gasteiger partial charge in [-0.05, 0) is 23.8 Å². The monoisotopic (exact) mass is 483 g/mol. The van der Waals surface area contributed by atoms with E-state index in [0.717, 1.165) is 46.7 Å². The SMILES string of the molecule is O=C(O)C(F)(F)F.O=C1NCCc2[nH]c(-c3ccnc(-c4cnn(Cc5ccccc5)c4)c3)cc21. The fourth-order valence-electron chi connectivity index (χ4n) is 3.56. The van der Waals surface area contributed by atoms with E-state index in [2.05, 4.69) is 32.5 Å². The normalized spacial score (nSPS) is 12.8. The van der Waals surface area contributed by atoms with Crippen molar-refractivity contribution in [1.29, 1.82) is 0 Å². The first-order chi connectivity index (χ1) is 16.7. The summed E-state index contributed by atoms with van der Waals surface area (Å²) in [6.07, 6.45) is 1.37. The number of nitrogens with zero attached hydrogens (tertiary/aromatic N) is 3. The number of carboxylic acid groups (broad SMARTS) is 1. The molecule has 180 valence electrons. The zero-order chi connectivity index (χ0) is 25.0. The van der Waals surface area contributed by atoms with Gasteiger partial charge in [0.1, 0.15) is 0 Å². The summed E-state index contributed by atoms with van der Waals surface area (Å²) in [4.78, 5) is 28.8. The molecule has 11 heteroatoms. The van der Waals surface area contributed by atoms with E-state index in [1.807, 2.05) is 53.5 Å². The molecular formula is C24H20F3N5O3. The Labute approximate surface area is 197 Å². The van der Waals surface area contributed by atoms with E-state index in [0.29, 0.717) is 6.54 Å². The Kier molecular flexibility index (Phi) is 6.67. The van der Waals surface area contributed by atoms with Gasteiger partial charge >= 0.3 is 12.1 Å². The standard InChI is InChI=1S/C22H19N5O.C2HF3O2/c28-22-18-11-21(26-19(18)7-9-24-22)16-6-8-23-20(10-16)17-12-25-27(14-17)13-15-4-2-1-3-5-15;3-2(4,5)1(6)7/h1-6,8,10-12,14,26H,7,9,13H2,(H,24,28);(H,6,7). The van der Waals surface area contributed by atoms with Crippen molar-refractivity contribution in [2.45, 2.75) is 19.1 Å². The number of carbonyl (C=O) groups is 2. The lowest BCUT2D eigenvalue weighted by molar-refractivity contribution is -0.192. The Balaban J connectivity index is 0.000000364. The number of aromatic amines is 1. The second-order valence-corrected chi connectivity index (χ2v) is 7.73. The van der Waals surface area contributed by atoms with Crippen molar-refractivity contribution in [3.63, 3.8) is 0 Å². The van der Waals surface area contributed by atoms with Gasteiger partial charge in [0, 0.05) is 47.9 Å². The van der Waals surface area contributed by atoms with Crippen molar-refractivity contribution in [2.24, 2.45) is 0 Å². The number of halogens is 3. The molecule has 0 radical (unpaired) electrons. The fourth-order valence-corrected chi connectivity index (χ4v) is 3.56. The molecule has 4 aromatic rings. The van der Waals surface area contributed by atoms with E-state index in [1.165, 1.54) is 5.56 Å². The number of pyridine rings is 1. The van der Waals surface area contributed by atoms with E-state index in [1.54, 1.807) is 6.20 Å². The van der Waals surface area contributed by atoms with Gasteiger partial charge in [0.15, 0.2) is 0 Å². The molecule has 35 heavy (non-hydrogen) atoms. The van der Waals surface area contributed by atoms with Crippen molar-refractivity contribution in [2.75, 3.05) is 6.54 Å². The highest BCUT2D eigenvalue weighted by atomic mass is 19.4. The number of H-pyrrole nitrogens is 1. The molecular weight excluding hydrogens is 463 g/mol. The minimum Gasteiger partial charge on any atom is -0.475 e. The number of aliphatic carboxylic acids is 1. The number of aromatic nitrogens is 4. The van der Waals surface area contributed by atoms with E-state index in [9.17, 15) is 18.0 Å². The first-order valence-corrected chi connectivity index (χ1v) is 10.5. The predicted octanol–water partition coefficient (Wildman–Crippen LogP) is 3.91. The van der Waals surface area contributed by atoms with Gasteiger partial charge in [0.05, 0.1) is 24.0 Å². The highest BCUT2D eigenvalue weighted by Gasteiger charge is 2.38. The van der Waals surface area contributed by atoms with Crippen molar-refractivity contribution in [3.8, 4) is 22.5 Å².